The van der Waals surface area contributed by atoms with Crippen LogP contribution in [0.4, 0.5) is 0 Å². The van der Waals surface area contributed by atoms with Crippen molar-refractivity contribution in [2.45, 2.75) is 26.5 Å². The highest BCUT2D eigenvalue weighted by molar-refractivity contribution is 5.94. The number of hydrogen-bond acceptors (Lipinski definition) is 4. The molecule has 1 N–H and O–H groups in total. The molecule has 0 radical (unpaired) electrons. The molecule has 3 rings (SSSR count). The smallest absolute Gasteiger partial charge is 0.254 e. The molecule has 2 heterocycles. The van der Waals surface area contributed by atoms with Crippen LogP contribution in [-0.2, 0) is 6.61 Å². The van der Waals surface area contributed by atoms with Crippen LogP contribution in [0.15, 0.2) is 42.6 Å². The van der Waals surface area contributed by atoms with Crippen molar-refractivity contribution >= 4 is 30.7 Å². The van der Waals surface area contributed by atoms with Gasteiger partial charge in [0.15, 0.2) is 0 Å². The number of halogens is 2. The van der Waals surface area contributed by atoms with Gasteiger partial charge in [-0.1, -0.05) is 12.1 Å². The van der Waals surface area contributed by atoms with Gasteiger partial charge in [0.05, 0.1) is 6.20 Å². The summed E-state index contributed by atoms with van der Waals surface area (Å²) in [5.74, 6) is 0.816. The standard InChI is InChI=1S/C19H23N3O2.2ClH/c1-14-6-7-18(12-21-14)24-13-16-4-3-5-17(10-16)19(23)22-9-8-20-11-15(22)2;;/h3-7,10,12,15,20H,8-9,11,13H2,1-2H3;2*1H/t15-;;/m0../s1. The van der Waals surface area contributed by atoms with Crippen molar-refractivity contribution in [2.75, 3.05) is 19.6 Å². The second kappa shape index (κ2) is 10.4. The van der Waals surface area contributed by atoms with Crippen molar-refractivity contribution in [2.24, 2.45) is 0 Å². The molecule has 1 aromatic heterocycles. The van der Waals surface area contributed by atoms with Crippen molar-refractivity contribution in [3.63, 3.8) is 0 Å². The summed E-state index contributed by atoms with van der Waals surface area (Å²) < 4.78 is 5.75. The Labute approximate surface area is 167 Å². The van der Waals surface area contributed by atoms with Gasteiger partial charge in [0.25, 0.3) is 5.91 Å². The lowest BCUT2D eigenvalue weighted by atomic mass is 10.1. The summed E-state index contributed by atoms with van der Waals surface area (Å²) in [6.45, 7) is 6.87. The van der Waals surface area contributed by atoms with Crippen molar-refractivity contribution in [3.8, 4) is 5.75 Å². The minimum absolute atomic E-state index is 0. The van der Waals surface area contributed by atoms with E-state index in [-0.39, 0.29) is 36.8 Å². The molecule has 1 amide bonds. The topological polar surface area (TPSA) is 54.5 Å². The number of nitrogens with one attached hydrogen (secondary N) is 1. The normalized spacial score (nSPS) is 16.2. The van der Waals surface area contributed by atoms with E-state index in [1.54, 1.807) is 6.20 Å². The molecule has 1 saturated heterocycles. The molecular formula is C19H25Cl2N3O2. The van der Waals surface area contributed by atoms with E-state index in [1.165, 1.54) is 0 Å². The van der Waals surface area contributed by atoms with Crippen LogP contribution in [0.25, 0.3) is 0 Å². The minimum atomic E-state index is 0. The number of benzene rings is 1. The number of carbonyl (C=O) groups is 1. The van der Waals surface area contributed by atoms with E-state index >= 15 is 0 Å². The maximum Gasteiger partial charge on any atom is 0.254 e. The van der Waals surface area contributed by atoms with E-state index in [9.17, 15) is 4.79 Å². The zero-order valence-electron chi connectivity index (χ0n) is 15.0. The average Bonchev–Trinajstić information content (AvgIpc) is 2.61. The Bertz CT molecular complexity index is 710. The Morgan fingerprint density at radius 2 is 2.12 bits per heavy atom. The summed E-state index contributed by atoms with van der Waals surface area (Å²) in [5.41, 5.74) is 2.65. The first-order valence-electron chi connectivity index (χ1n) is 8.29. The van der Waals surface area contributed by atoms with Gasteiger partial charge in [-0.15, -0.1) is 24.8 Å². The number of pyridine rings is 1. The number of piperazine rings is 1. The fraction of sp³-hybridized carbons (Fsp3) is 0.368. The molecule has 5 nitrogen and oxygen atoms in total. The van der Waals surface area contributed by atoms with E-state index in [1.807, 2.05) is 48.2 Å². The zero-order chi connectivity index (χ0) is 16.9. The minimum Gasteiger partial charge on any atom is -0.487 e. The largest absolute Gasteiger partial charge is 0.487 e. The number of rotatable bonds is 4. The Kier molecular flexibility index (Phi) is 8.85. The SMILES string of the molecule is Cc1ccc(OCc2cccc(C(=O)N3CCNC[C@@H]3C)c2)cn1.Cl.Cl. The Morgan fingerprint density at radius 3 is 2.81 bits per heavy atom. The van der Waals surface area contributed by atoms with Gasteiger partial charge in [-0.2, -0.15) is 0 Å². The molecule has 0 unspecified atom stereocenters. The average molecular weight is 398 g/mol. The maximum absolute atomic E-state index is 12.7. The van der Waals surface area contributed by atoms with E-state index in [4.69, 9.17) is 4.74 Å². The molecule has 0 bridgehead atoms. The van der Waals surface area contributed by atoms with Gasteiger partial charge in [0, 0.05) is 36.9 Å². The lowest BCUT2D eigenvalue weighted by Gasteiger charge is -2.34. The number of hydrogen-bond donors (Lipinski definition) is 1. The summed E-state index contributed by atoms with van der Waals surface area (Å²) in [4.78, 5) is 18.9. The molecule has 7 heteroatoms. The van der Waals surface area contributed by atoms with Crippen molar-refractivity contribution < 1.29 is 9.53 Å². The highest BCUT2D eigenvalue weighted by atomic mass is 35.5. The van der Waals surface area contributed by atoms with E-state index in [0.29, 0.717) is 12.2 Å². The third-order valence-electron chi connectivity index (χ3n) is 4.23. The van der Waals surface area contributed by atoms with Gasteiger partial charge >= 0.3 is 0 Å². The number of amides is 1. The third kappa shape index (κ3) is 5.59. The highest BCUT2D eigenvalue weighted by Crippen LogP contribution is 2.15. The summed E-state index contributed by atoms with van der Waals surface area (Å²) in [6.07, 6.45) is 1.72. The predicted molar refractivity (Wildman–Crippen MR) is 108 cm³/mol. The van der Waals surface area contributed by atoms with Gasteiger partial charge in [0.1, 0.15) is 12.4 Å². The maximum atomic E-state index is 12.7. The monoisotopic (exact) mass is 397 g/mol. The fourth-order valence-electron chi connectivity index (χ4n) is 2.81. The number of aromatic nitrogens is 1. The molecule has 0 spiro atoms. The van der Waals surface area contributed by atoms with E-state index < -0.39 is 0 Å². The number of nitrogens with zero attached hydrogens (tertiary/aromatic N) is 2. The molecule has 142 valence electrons. The van der Waals surface area contributed by atoms with Crippen molar-refractivity contribution in [3.05, 3.63) is 59.4 Å². The second-order valence-corrected chi connectivity index (χ2v) is 6.18. The molecule has 0 aliphatic carbocycles. The van der Waals surface area contributed by atoms with Gasteiger partial charge in [-0.3, -0.25) is 9.78 Å². The highest BCUT2D eigenvalue weighted by Gasteiger charge is 2.24. The molecule has 1 aromatic carbocycles. The summed E-state index contributed by atoms with van der Waals surface area (Å²) in [7, 11) is 0. The Hall–Kier alpha value is -1.82. The molecular weight excluding hydrogens is 373 g/mol. The van der Waals surface area contributed by atoms with Gasteiger partial charge < -0.3 is 15.0 Å². The second-order valence-electron chi connectivity index (χ2n) is 6.18. The third-order valence-corrected chi connectivity index (χ3v) is 4.23. The lowest BCUT2D eigenvalue weighted by Crippen LogP contribution is -2.52. The van der Waals surface area contributed by atoms with Crippen LogP contribution in [0, 0.1) is 6.92 Å². The van der Waals surface area contributed by atoms with Gasteiger partial charge in [-0.05, 0) is 43.7 Å². The number of ether oxygens (including phenoxy) is 1. The molecule has 2 aromatic rings. The lowest BCUT2D eigenvalue weighted by molar-refractivity contribution is 0.0655. The Morgan fingerprint density at radius 1 is 1.31 bits per heavy atom. The Balaban J connectivity index is 0.00000169. The molecule has 1 fully saturated rings. The summed E-state index contributed by atoms with van der Waals surface area (Å²) in [5, 5.41) is 3.30. The molecule has 1 aliphatic heterocycles. The first-order chi connectivity index (χ1) is 11.6. The molecule has 0 saturated carbocycles. The van der Waals surface area contributed by atoms with Crippen LogP contribution < -0.4 is 10.1 Å². The van der Waals surface area contributed by atoms with Crippen LogP contribution in [0.2, 0.25) is 0 Å². The molecule has 26 heavy (non-hydrogen) atoms. The van der Waals surface area contributed by atoms with Crippen LogP contribution in [0.1, 0.15) is 28.5 Å². The number of carbonyl (C=O) groups excluding carboxylic acids is 1. The van der Waals surface area contributed by atoms with Crippen molar-refractivity contribution in [1.29, 1.82) is 0 Å². The van der Waals surface area contributed by atoms with Crippen LogP contribution in [-0.4, -0.2) is 41.5 Å². The zero-order valence-corrected chi connectivity index (χ0v) is 16.6. The van der Waals surface area contributed by atoms with Gasteiger partial charge in [-0.25, -0.2) is 0 Å². The van der Waals surface area contributed by atoms with E-state index in [0.717, 1.165) is 36.6 Å². The molecule has 1 atom stereocenters. The van der Waals surface area contributed by atoms with Crippen molar-refractivity contribution in [1.82, 2.24) is 15.2 Å². The molecule has 1 aliphatic rings. The van der Waals surface area contributed by atoms with Crippen LogP contribution >= 0.6 is 24.8 Å². The summed E-state index contributed by atoms with van der Waals surface area (Å²) >= 11 is 0. The summed E-state index contributed by atoms with van der Waals surface area (Å²) in [6, 6.07) is 11.7. The van der Waals surface area contributed by atoms with Crippen LogP contribution in [0.3, 0.4) is 0 Å². The van der Waals surface area contributed by atoms with Crippen LogP contribution in [0.5, 0.6) is 5.75 Å². The predicted octanol–water partition coefficient (Wildman–Crippen LogP) is 3.25. The van der Waals surface area contributed by atoms with Gasteiger partial charge in [0.2, 0.25) is 0 Å². The van der Waals surface area contributed by atoms with E-state index in [2.05, 4.69) is 17.2 Å². The fourth-order valence-corrected chi connectivity index (χ4v) is 2.81. The quantitative estimate of drug-likeness (QED) is 0.859. The number of aryl methyl sites for hydroxylation is 1. The first-order valence-corrected chi connectivity index (χ1v) is 8.29. The first kappa shape index (κ1) is 22.2.